The van der Waals surface area contributed by atoms with E-state index >= 15 is 0 Å². The molecule has 2 aromatic rings. The van der Waals surface area contributed by atoms with E-state index in [2.05, 4.69) is 15.3 Å². The molecule has 1 aromatic carbocycles. The average molecular weight is 279 g/mol. The second kappa shape index (κ2) is 4.86. The maximum absolute atomic E-state index is 12.7. The van der Waals surface area contributed by atoms with Gasteiger partial charge in [-0.25, -0.2) is 9.97 Å². The van der Waals surface area contributed by atoms with Crippen molar-refractivity contribution < 1.29 is 13.2 Å². The van der Waals surface area contributed by atoms with Crippen LogP contribution in [-0.4, -0.2) is 16.5 Å². The number of nitrogens with one attached hydrogen (secondary N) is 1. The highest BCUT2D eigenvalue weighted by Crippen LogP contribution is 2.31. The highest BCUT2D eigenvalue weighted by molar-refractivity contribution is 5.56. The smallest absolute Gasteiger partial charge is 0.312 e. The SMILES string of the molecule is FC(F)(F)c1cccc(-c2ncc3c(n2)CCNC3)c1. The molecule has 0 saturated carbocycles. The Morgan fingerprint density at radius 3 is 2.85 bits per heavy atom. The van der Waals surface area contributed by atoms with E-state index in [1.807, 2.05) is 0 Å². The lowest BCUT2D eigenvalue weighted by Gasteiger charge is -2.16. The molecule has 1 aromatic heterocycles. The maximum Gasteiger partial charge on any atom is 0.416 e. The van der Waals surface area contributed by atoms with Gasteiger partial charge in [-0.05, 0) is 12.1 Å². The Balaban J connectivity index is 2.01. The van der Waals surface area contributed by atoms with E-state index in [1.165, 1.54) is 6.07 Å². The summed E-state index contributed by atoms with van der Waals surface area (Å²) in [5.41, 5.74) is 1.62. The summed E-state index contributed by atoms with van der Waals surface area (Å²) in [4.78, 5) is 8.56. The van der Waals surface area contributed by atoms with Crippen LogP contribution in [0.1, 0.15) is 16.8 Å². The number of alkyl halides is 3. The first-order chi connectivity index (χ1) is 9.54. The third kappa shape index (κ3) is 2.51. The van der Waals surface area contributed by atoms with Crippen molar-refractivity contribution in [2.24, 2.45) is 0 Å². The fourth-order valence-electron chi connectivity index (χ4n) is 2.21. The van der Waals surface area contributed by atoms with Gasteiger partial charge in [0.1, 0.15) is 0 Å². The van der Waals surface area contributed by atoms with Crippen LogP contribution >= 0.6 is 0 Å². The summed E-state index contributed by atoms with van der Waals surface area (Å²) in [7, 11) is 0. The Hall–Kier alpha value is -1.95. The van der Waals surface area contributed by atoms with Gasteiger partial charge in [-0.15, -0.1) is 0 Å². The van der Waals surface area contributed by atoms with Crippen molar-refractivity contribution in [3.63, 3.8) is 0 Å². The number of halogens is 3. The molecule has 0 radical (unpaired) electrons. The summed E-state index contributed by atoms with van der Waals surface area (Å²) >= 11 is 0. The fourth-order valence-corrected chi connectivity index (χ4v) is 2.21. The minimum Gasteiger partial charge on any atom is -0.312 e. The van der Waals surface area contributed by atoms with Crippen LogP contribution in [0, 0.1) is 0 Å². The Morgan fingerprint density at radius 2 is 2.05 bits per heavy atom. The van der Waals surface area contributed by atoms with Crippen molar-refractivity contribution >= 4 is 0 Å². The lowest BCUT2D eigenvalue weighted by Crippen LogP contribution is -2.25. The number of benzene rings is 1. The summed E-state index contributed by atoms with van der Waals surface area (Å²) < 4.78 is 38.1. The number of hydrogen-bond acceptors (Lipinski definition) is 3. The quantitative estimate of drug-likeness (QED) is 0.872. The van der Waals surface area contributed by atoms with E-state index in [1.54, 1.807) is 12.3 Å². The average Bonchev–Trinajstić information content (AvgIpc) is 2.46. The van der Waals surface area contributed by atoms with Gasteiger partial charge in [0.25, 0.3) is 0 Å². The van der Waals surface area contributed by atoms with Gasteiger partial charge in [0.2, 0.25) is 0 Å². The molecular formula is C14H12F3N3. The van der Waals surface area contributed by atoms with Crippen molar-refractivity contribution in [1.29, 1.82) is 0 Å². The van der Waals surface area contributed by atoms with Crippen LogP contribution < -0.4 is 5.32 Å². The van der Waals surface area contributed by atoms with E-state index in [9.17, 15) is 13.2 Å². The van der Waals surface area contributed by atoms with Crippen LogP contribution in [0.2, 0.25) is 0 Å². The summed E-state index contributed by atoms with van der Waals surface area (Å²) in [6.45, 7) is 1.53. The number of aromatic nitrogens is 2. The van der Waals surface area contributed by atoms with E-state index in [4.69, 9.17) is 0 Å². The Kier molecular flexibility index (Phi) is 3.17. The second-order valence-electron chi connectivity index (χ2n) is 4.67. The molecule has 3 rings (SSSR count). The lowest BCUT2D eigenvalue weighted by atomic mass is 10.1. The Morgan fingerprint density at radius 1 is 1.20 bits per heavy atom. The highest BCUT2D eigenvalue weighted by Gasteiger charge is 2.30. The van der Waals surface area contributed by atoms with Crippen molar-refractivity contribution in [3.05, 3.63) is 47.3 Å². The second-order valence-corrected chi connectivity index (χ2v) is 4.67. The van der Waals surface area contributed by atoms with E-state index in [-0.39, 0.29) is 0 Å². The van der Waals surface area contributed by atoms with Gasteiger partial charge in [-0.3, -0.25) is 0 Å². The molecule has 0 saturated heterocycles. The number of nitrogens with zero attached hydrogens (tertiary/aromatic N) is 2. The van der Waals surface area contributed by atoms with Gasteiger partial charge in [0.05, 0.1) is 11.3 Å². The first-order valence-electron chi connectivity index (χ1n) is 6.27. The molecular weight excluding hydrogens is 267 g/mol. The van der Waals surface area contributed by atoms with Gasteiger partial charge < -0.3 is 5.32 Å². The number of hydrogen-bond donors (Lipinski definition) is 1. The zero-order chi connectivity index (χ0) is 14.2. The van der Waals surface area contributed by atoms with Gasteiger partial charge in [0, 0.05) is 36.8 Å². The molecule has 2 heterocycles. The predicted molar refractivity (Wildman–Crippen MR) is 67.9 cm³/mol. The van der Waals surface area contributed by atoms with Crippen LogP contribution in [0.3, 0.4) is 0 Å². The van der Waals surface area contributed by atoms with Crippen LogP contribution in [0.25, 0.3) is 11.4 Å². The van der Waals surface area contributed by atoms with Crippen molar-refractivity contribution in [3.8, 4) is 11.4 Å². The largest absolute Gasteiger partial charge is 0.416 e. The summed E-state index contributed by atoms with van der Waals surface area (Å²) in [5, 5.41) is 3.20. The van der Waals surface area contributed by atoms with Crippen molar-refractivity contribution in [2.75, 3.05) is 6.54 Å². The lowest BCUT2D eigenvalue weighted by molar-refractivity contribution is -0.137. The molecule has 0 unspecified atom stereocenters. The first kappa shape index (κ1) is 13.1. The van der Waals surface area contributed by atoms with E-state index in [0.29, 0.717) is 17.9 Å². The van der Waals surface area contributed by atoms with Gasteiger partial charge in [-0.1, -0.05) is 12.1 Å². The summed E-state index contributed by atoms with van der Waals surface area (Å²) in [5.74, 6) is 0.344. The van der Waals surface area contributed by atoms with Crippen LogP contribution in [-0.2, 0) is 19.1 Å². The molecule has 20 heavy (non-hydrogen) atoms. The minimum absolute atomic E-state index is 0.344. The van der Waals surface area contributed by atoms with E-state index < -0.39 is 11.7 Å². The topological polar surface area (TPSA) is 37.8 Å². The molecule has 104 valence electrons. The molecule has 0 fully saturated rings. The molecule has 0 aliphatic carbocycles. The highest BCUT2D eigenvalue weighted by atomic mass is 19.4. The van der Waals surface area contributed by atoms with Crippen LogP contribution in [0.4, 0.5) is 13.2 Å². The minimum atomic E-state index is -4.35. The van der Waals surface area contributed by atoms with Crippen molar-refractivity contribution in [2.45, 2.75) is 19.1 Å². The molecule has 0 amide bonds. The molecule has 3 nitrogen and oxygen atoms in total. The molecule has 0 atom stereocenters. The summed E-state index contributed by atoms with van der Waals surface area (Å²) in [6, 6.07) is 5.11. The molecule has 1 aliphatic heterocycles. The fraction of sp³-hybridized carbons (Fsp3) is 0.286. The number of fused-ring (bicyclic) bond motifs is 1. The normalized spacial score (nSPS) is 14.9. The third-order valence-electron chi connectivity index (χ3n) is 3.26. The standard InChI is InChI=1S/C14H12F3N3/c15-14(16,17)11-3-1-2-9(6-11)13-19-8-10-7-18-5-4-12(10)20-13/h1-3,6,8,18H,4-5,7H2. The van der Waals surface area contributed by atoms with Gasteiger partial charge >= 0.3 is 6.18 Å². The Bertz CT molecular complexity index is 638. The molecule has 0 bridgehead atoms. The number of rotatable bonds is 1. The zero-order valence-corrected chi connectivity index (χ0v) is 10.5. The molecule has 6 heteroatoms. The molecule has 0 spiro atoms. The van der Waals surface area contributed by atoms with Gasteiger partial charge in [0.15, 0.2) is 5.82 Å². The molecule has 1 aliphatic rings. The summed E-state index contributed by atoms with van der Waals surface area (Å²) in [6.07, 6.45) is -1.90. The van der Waals surface area contributed by atoms with Crippen molar-refractivity contribution in [1.82, 2.24) is 15.3 Å². The third-order valence-corrected chi connectivity index (χ3v) is 3.26. The monoisotopic (exact) mass is 279 g/mol. The maximum atomic E-state index is 12.7. The van der Waals surface area contributed by atoms with Gasteiger partial charge in [-0.2, -0.15) is 13.2 Å². The predicted octanol–water partition coefficient (Wildman–Crippen LogP) is 2.81. The van der Waals surface area contributed by atoms with Crippen LogP contribution in [0.15, 0.2) is 30.5 Å². The first-order valence-corrected chi connectivity index (χ1v) is 6.27. The van der Waals surface area contributed by atoms with E-state index in [0.717, 1.165) is 36.4 Å². The molecule has 1 N–H and O–H groups in total. The zero-order valence-electron chi connectivity index (χ0n) is 10.5. The Labute approximate surface area is 113 Å². The van der Waals surface area contributed by atoms with Crippen LogP contribution in [0.5, 0.6) is 0 Å².